The molecule has 0 unspecified atom stereocenters. The Bertz CT molecular complexity index is 848. The van der Waals surface area contributed by atoms with E-state index in [0.717, 1.165) is 11.3 Å². The number of pyridine rings is 1. The summed E-state index contributed by atoms with van der Waals surface area (Å²) in [6.45, 7) is 4.21. The van der Waals surface area contributed by atoms with Gasteiger partial charge in [0.05, 0.1) is 12.3 Å². The van der Waals surface area contributed by atoms with Crippen LogP contribution in [0.15, 0.2) is 42.9 Å². The van der Waals surface area contributed by atoms with Gasteiger partial charge in [-0.3, -0.25) is 4.79 Å². The fourth-order valence-electron chi connectivity index (χ4n) is 2.28. The standard InChI is InChI=1S/C16H16N6O2/c1-3-24-16-13(5-4-8-17-16)15(23)19-12-6-7-14(11(2)9-12)22-10-18-20-21-22/h4-10H,3H2,1-2H3,(H,19,23). The summed E-state index contributed by atoms with van der Waals surface area (Å²) in [4.78, 5) is 16.6. The Balaban J connectivity index is 1.81. The molecule has 0 aliphatic carbocycles. The molecule has 0 radical (unpaired) electrons. The van der Waals surface area contributed by atoms with Gasteiger partial charge < -0.3 is 10.1 Å². The molecule has 1 N–H and O–H groups in total. The summed E-state index contributed by atoms with van der Waals surface area (Å²) in [5, 5.41) is 13.9. The number of hydrogen-bond acceptors (Lipinski definition) is 6. The third kappa shape index (κ3) is 3.22. The van der Waals surface area contributed by atoms with Gasteiger partial charge in [-0.05, 0) is 60.2 Å². The quantitative estimate of drug-likeness (QED) is 0.771. The Morgan fingerprint density at radius 3 is 2.92 bits per heavy atom. The maximum Gasteiger partial charge on any atom is 0.261 e. The first-order valence-corrected chi connectivity index (χ1v) is 7.42. The third-order valence-corrected chi connectivity index (χ3v) is 3.35. The number of anilines is 1. The number of carbonyl (C=O) groups excluding carboxylic acids is 1. The molecule has 0 aliphatic rings. The SMILES string of the molecule is CCOc1ncccc1C(=O)Nc1ccc(-n2cnnn2)c(C)c1. The van der Waals surface area contributed by atoms with Crippen LogP contribution in [-0.4, -0.2) is 37.7 Å². The average molecular weight is 324 g/mol. The fraction of sp³-hybridized carbons (Fsp3) is 0.188. The molecule has 1 amide bonds. The Morgan fingerprint density at radius 2 is 2.21 bits per heavy atom. The monoisotopic (exact) mass is 324 g/mol. The van der Waals surface area contributed by atoms with Crippen molar-refractivity contribution in [2.45, 2.75) is 13.8 Å². The minimum absolute atomic E-state index is 0.277. The molecular weight excluding hydrogens is 308 g/mol. The molecule has 24 heavy (non-hydrogen) atoms. The van der Waals surface area contributed by atoms with Gasteiger partial charge in [-0.1, -0.05) is 0 Å². The van der Waals surface area contributed by atoms with Crippen molar-refractivity contribution in [2.75, 3.05) is 11.9 Å². The van der Waals surface area contributed by atoms with Crippen LogP contribution in [0.5, 0.6) is 5.88 Å². The number of rotatable bonds is 5. The average Bonchev–Trinajstić information content (AvgIpc) is 3.10. The van der Waals surface area contributed by atoms with Crippen LogP contribution in [0.25, 0.3) is 5.69 Å². The number of aromatic nitrogens is 5. The summed E-state index contributed by atoms with van der Waals surface area (Å²) in [5.74, 6) is 0.0423. The van der Waals surface area contributed by atoms with Crippen molar-refractivity contribution in [3.05, 3.63) is 54.0 Å². The maximum absolute atomic E-state index is 12.5. The Kier molecular flexibility index (Phi) is 4.46. The van der Waals surface area contributed by atoms with Crippen molar-refractivity contribution in [1.82, 2.24) is 25.2 Å². The highest BCUT2D eigenvalue weighted by molar-refractivity contribution is 6.05. The van der Waals surface area contributed by atoms with Crippen LogP contribution in [0, 0.1) is 6.92 Å². The summed E-state index contributed by atoms with van der Waals surface area (Å²) < 4.78 is 6.95. The molecule has 8 nitrogen and oxygen atoms in total. The second-order valence-electron chi connectivity index (χ2n) is 5.00. The van der Waals surface area contributed by atoms with E-state index in [1.807, 2.05) is 26.0 Å². The van der Waals surface area contributed by atoms with E-state index in [9.17, 15) is 4.79 Å². The van der Waals surface area contributed by atoms with Crippen LogP contribution in [0.3, 0.4) is 0 Å². The molecule has 0 saturated heterocycles. The summed E-state index contributed by atoms with van der Waals surface area (Å²) in [7, 11) is 0. The first kappa shape index (κ1) is 15.6. The molecule has 2 heterocycles. The number of nitrogens with one attached hydrogen (secondary N) is 1. The molecular formula is C16H16N6O2. The van der Waals surface area contributed by atoms with Gasteiger partial charge in [0.25, 0.3) is 5.91 Å². The van der Waals surface area contributed by atoms with Crippen molar-refractivity contribution in [1.29, 1.82) is 0 Å². The third-order valence-electron chi connectivity index (χ3n) is 3.35. The Hall–Kier alpha value is -3.29. The van der Waals surface area contributed by atoms with Crippen LogP contribution < -0.4 is 10.1 Å². The van der Waals surface area contributed by atoms with Gasteiger partial charge in [0.2, 0.25) is 5.88 Å². The van der Waals surface area contributed by atoms with Crippen LogP contribution in [0.4, 0.5) is 5.69 Å². The van der Waals surface area contributed by atoms with Crippen molar-refractivity contribution < 1.29 is 9.53 Å². The lowest BCUT2D eigenvalue weighted by Gasteiger charge is -2.11. The zero-order chi connectivity index (χ0) is 16.9. The molecule has 2 aromatic heterocycles. The predicted octanol–water partition coefficient (Wildman–Crippen LogP) is 2.02. The van der Waals surface area contributed by atoms with E-state index >= 15 is 0 Å². The first-order chi connectivity index (χ1) is 11.7. The second kappa shape index (κ2) is 6.86. The lowest BCUT2D eigenvalue weighted by molar-refractivity contribution is 0.102. The molecule has 3 aromatic rings. The van der Waals surface area contributed by atoms with Crippen LogP contribution >= 0.6 is 0 Å². The van der Waals surface area contributed by atoms with Gasteiger partial charge in [-0.2, -0.15) is 0 Å². The van der Waals surface area contributed by atoms with E-state index in [2.05, 4.69) is 25.8 Å². The van der Waals surface area contributed by atoms with E-state index in [1.165, 1.54) is 6.33 Å². The van der Waals surface area contributed by atoms with E-state index in [0.29, 0.717) is 23.7 Å². The zero-order valence-corrected chi connectivity index (χ0v) is 13.3. The summed E-state index contributed by atoms with van der Waals surface area (Å²) in [5.41, 5.74) is 2.83. The minimum atomic E-state index is -0.277. The Labute approximate surface area is 138 Å². The highest BCUT2D eigenvalue weighted by atomic mass is 16.5. The summed E-state index contributed by atoms with van der Waals surface area (Å²) >= 11 is 0. The van der Waals surface area contributed by atoms with E-state index in [1.54, 1.807) is 29.1 Å². The summed E-state index contributed by atoms with van der Waals surface area (Å²) in [6, 6.07) is 8.86. The van der Waals surface area contributed by atoms with Crippen molar-refractivity contribution in [3.63, 3.8) is 0 Å². The van der Waals surface area contributed by atoms with Crippen LogP contribution in [0.1, 0.15) is 22.8 Å². The molecule has 0 atom stereocenters. The van der Waals surface area contributed by atoms with Gasteiger partial charge in [0.1, 0.15) is 11.9 Å². The molecule has 1 aromatic carbocycles. The number of ether oxygens (including phenoxy) is 1. The largest absolute Gasteiger partial charge is 0.477 e. The molecule has 0 saturated carbocycles. The van der Waals surface area contributed by atoms with Crippen molar-refractivity contribution >= 4 is 11.6 Å². The van der Waals surface area contributed by atoms with E-state index in [4.69, 9.17) is 4.74 Å². The molecule has 0 bridgehead atoms. The van der Waals surface area contributed by atoms with Gasteiger partial charge in [-0.15, -0.1) is 5.10 Å². The number of tetrazole rings is 1. The molecule has 0 spiro atoms. The number of benzene rings is 1. The number of aryl methyl sites for hydroxylation is 1. The van der Waals surface area contributed by atoms with Crippen LogP contribution in [0.2, 0.25) is 0 Å². The lowest BCUT2D eigenvalue weighted by Crippen LogP contribution is -2.14. The normalized spacial score (nSPS) is 10.4. The molecule has 0 aliphatic heterocycles. The van der Waals surface area contributed by atoms with Gasteiger partial charge in [-0.25, -0.2) is 9.67 Å². The van der Waals surface area contributed by atoms with Gasteiger partial charge >= 0.3 is 0 Å². The highest BCUT2D eigenvalue weighted by Gasteiger charge is 2.14. The lowest BCUT2D eigenvalue weighted by atomic mass is 10.1. The number of amides is 1. The second-order valence-corrected chi connectivity index (χ2v) is 5.00. The summed E-state index contributed by atoms with van der Waals surface area (Å²) in [6.07, 6.45) is 3.11. The molecule has 122 valence electrons. The number of carbonyl (C=O) groups is 1. The van der Waals surface area contributed by atoms with Crippen molar-refractivity contribution in [3.8, 4) is 11.6 Å². The predicted molar refractivity (Wildman–Crippen MR) is 87.3 cm³/mol. The molecule has 0 fully saturated rings. The Morgan fingerprint density at radius 1 is 1.33 bits per heavy atom. The fourth-order valence-corrected chi connectivity index (χ4v) is 2.28. The highest BCUT2D eigenvalue weighted by Crippen LogP contribution is 2.20. The van der Waals surface area contributed by atoms with Crippen LogP contribution in [-0.2, 0) is 0 Å². The minimum Gasteiger partial charge on any atom is -0.477 e. The van der Waals surface area contributed by atoms with Gasteiger partial charge in [0.15, 0.2) is 0 Å². The number of nitrogens with zero attached hydrogens (tertiary/aromatic N) is 5. The maximum atomic E-state index is 12.5. The number of hydrogen-bond donors (Lipinski definition) is 1. The smallest absolute Gasteiger partial charge is 0.261 e. The van der Waals surface area contributed by atoms with E-state index in [-0.39, 0.29) is 5.91 Å². The zero-order valence-electron chi connectivity index (χ0n) is 13.3. The first-order valence-electron chi connectivity index (χ1n) is 7.42. The molecule has 3 rings (SSSR count). The topological polar surface area (TPSA) is 94.8 Å². The van der Waals surface area contributed by atoms with Gasteiger partial charge in [0, 0.05) is 11.9 Å². The molecule has 8 heteroatoms. The van der Waals surface area contributed by atoms with E-state index < -0.39 is 0 Å². The van der Waals surface area contributed by atoms with Crippen molar-refractivity contribution in [2.24, 2.45) is 0 Å².